The quantitative estimate of drug-likeness (QED) is 0.730. The SMILES string of the molecule is COC(=O)c1sccc1S(=O)(=O)N1CCC(N2CCc3ccccc3C2)C1. The Balaban J connectivity index is 1.50. The Morgan fingerprint density at radius 1 is 1.19 bits per heavy atom. The molecule has 27 heavy (non-hydrogen) atoms. The Labute approximate surface area is 163 Å². The van der Waals surface area contributed by atoms with Gasteiger partial charge in [-0.25, -0.2) is 13.2 Å². The van der Waals surface area contributed by atoms with Crippen LogP contribution in [0.4, 0.5) is 0 Å². The van der Waals surface area contributed by atoms with Gasteiger partial charge in [-0.1, -0.05) is 24.3 Å². The maximum absolute atomic E-state index is 13.1. The van der Waals surface area contributed by atoms with Crippen molar-refractivity contribution >= 4 is 27.3 Å². The fraction of sp³-hybridized carbons (Fsp3) is 0.421. The lowest BCUT2D eigenvalue weighted by Crippen LogP contribution is -2.41. The van der Waals surface area contributed by atoms with E-state index >= 15 is 0 Å². The molecule has 1 atom stereocenters. The zero-order chi connectivity index (χ0) is 19.0. The lowest BCUT2D eigenvalue weighted by atomic mass is 9.98. The second kappa shape index (κ2) is 7.35. The number of benzene rings is 1. The number of thiophene rings is 1. The molecule has 4 rings (SSSR count). The molecule has 0 bridgehead atoms. The molecule has 0 radical (unpaired) electrons. The Morgan fingerprint density at radius 3 is 2.74 bits per heavy atom. The fourth-order valence-electron chi connectivity index (χ4n) is 3.94. The molecule has 144 valence electrons. The molecule has 1 unspecified atom stereocenters. The third-order valence-corrected chi connectivity index (χ3v) is 8.35. The summed E-state index contributed by atoms with van der Waals surface area (Å²) in [5.74, 6) is -0.605. The van der Waals surface area contributed by atoms with Crippen molar-refractivity contribution < 1.29 is 17.9 Å². The first-order valence-electron chi connectivity index (χ1n) is 8.97. The van der Waals surface area contributed by atoms with Crippen LogP contribution in [0.2, 0.25) is 0 Å². The molecule has 1 aromatic carbocycles. The van der Waals surface area contributed by atoms with Crippen molar-refractivity contribution in [3.8, 4) is 0 Å². The standard InChI is InChI=1S/C19H22N2O4S2/c1-25-19(22)18-17(8-11-26-18)27(23,24)21-10-7-16(13-21)20-9-6-14-4-2-3-5-15(14)12-20/h2-5,8,11,16H,6-7,9-10,12-13H2,1H3. The van der Waals surface area contributed by atoms with Gasteiger partial charge < -0.3 is 4.74 Å². The van der Waals surface area contributed by atoms with Crippen LogP contribution >= 0.6 is 11.3 Å². The zero-order valence-electron chi connectivity index (χ0n) is 15.1. The summed E-state index contributed by atoms with van der Waals surface area (Å²) in [5.41, 5.74) is 2.72. The van der Waals surface area contributed by atoms with Gasteiger partial charge in [-0.05, 0) is 35.4 Å². The third kappa shape index (κ3) is 3.42. The van der Waals surface area contributed by atoms with E-state index in [1.165, 1.54) is 28.6 Å². The monoisotopic (exact) mass is 406 g/mol. The molecule has 0 spiro atoms. The van der Waals surface area contributed by atoms with E-state index in [9.17, 15) is 13.2 Å². The van der Waals surface area contributed by atoms with E-state index < -0.39 is 16.0 Å². The highest BCUT2D eigenvalue weighted by Crippen LogP contribution is 2.30. The van der Waals surface area contributed by atoms with Crippen LogP contribution in [0, 0.1) is 0 Å². The molecule has 2 aromatic rings. The smallest absolute Gasteiger partial charge is 0.349 e. The van der Waals surface area contributed by atoms with Crippen molar-refractivity contribution in [2.75, 3.05) is 26.7 Å². The minimum Gasteiger partial charge on any atom is -0.465 e. The number of sulfonamides is 1. The van der Waals surface area contributed by atoms with Gasteiger partial charge >= 0.3 is 5.97 Å². The first kappa shape index (κ1) is 18.6. The molecule has 0 amide bonds. The van der Waals surface area contributed by atoms with Crippen molar-refractivity contribution in [1.82, 2.24) is 9.21 Å². The van der Waals surface area contributed by atoms with Crippen LogP contribution in [0.15, 0.2) is 40.6 Å². The van der Waals surface area contributed by atoms with Crippen LogP contribution < -0.4 is 0 Å². The van der Waals surface area contributed by atoms with Crippen molar-refractivity contribution in [3.63, 3.8) is 0 Å². The molecule has 2 aliphatic heterocycles. The van der Waals surface area contributed by atoms with Crippen LogP contribution in [0.5, 0.6) is 0 Å². The van der Waals surface area contributed by atoms with Crippen molar-refractivity contribution in [2.24, 2.45) is 0 Å². The number of carbonyl (C=O) groups excluding carboxylic acids is 1. The predicted molar refractivity (Wildman–Crippen MR) is 103 cm³/mol. The number of rotatable bonds is 4. The number of hydrogen-bond donors (Lipinski definition) is 0. The minimum absolute atomic E-state index is 0.0592. The highest BCUT2D eigenvalue weighted by atomic mass is 32.2. The predicted octanol–water partition coefficient (Wildman–Crippen LogP) is 2.36. The van der Waals surface area contributed by atoms with Gasteiger partial charge in [-0.3, -0.25) is 4.90 Å². The largest absolute Gasteiger partial charge is 0.465 e. The Bertz CT molecular complexity index is 954. The first-order valence-corrected chi connectivity index (χ1v) is 11.3. The summed E-state index contributed by atoms with van der Waals surface area (Å²) >= 11 is 1.10. The molecule has 1 aromatic heterocycles. The van der Waals surface area contributed by atoms with E-state index in [-0.39, 0.29) is 15.8 Å². The molecule has 8 heteroatoms. The lowest BCUT2D eigenvalue weighted by Gasteiger charge is -2.33. The van der Waals surface area contributed by atoms with E-state index in [4.69, 9.17) is 4.74 Å². The van der Waals surface area contributed by atoms with E-state index in [0.717, 1.165) is 37.3 Å². The molecular formula is C19H22N2O4S2. The van der Waals surface area contributed by atoms with Gasteiger partial charge in [-0.15, -0.1) is 11.3 Å². The number of fused-ring (bicyclic) bond motifs is 1. The van der Waals surface area contributed by atoms with Gasteiger partial charge in [0.1, 0.15) is 9.77 Å². The van der Waals surface area contributed by atoms with Crippen LogP contribution in [-0.4, -0.2) is 56.4 Å². The summed E-state index contributed by atoms with van der Waals surface area (Å²) in [6, 6.07) is 10.1. The van der Waals surface area contributed by atoms with Crippen LogP contribution in [-0.2, 0) is 27.7 Å². The Hall–Kier alpha value is -1.74. The molecule has 0 saturated carbocycles. The summed E-state index contributed by atoms with van der Waals surface area (Å²) in [6.45, 7) is 2.74. The molecule has 1 saturated heterocycles. The normalized spacial score (nSPS) is 21.1. The van der Waals surface area contributed by atoms with E-state index in [1.807, 2.05) is 0 Å². The Kier molecular flexibility index (Phi) is 5.07. The summed E-state index contributed by atoms with van der Waals surface area (Å²) in [5, 5.41) is 1.62. The fourth-order valence-corrected chi connectivity index (χ4v) is 6.74. The van der Waals surface area contributed by atoms with Gasteiger partial charge in [-0.2, -0.15) is 4.31 Å². The number of nitrogens with zero attached hydrogens (tertiary/aromatic N) is 2. The lowest BCUT2D eigenvalue weighted by molar-refractivity contribution is 0.0602. The van der Waals surface area contributed by atoms with Crippen molar-refractivity contribution in [1.29, 1.82) is 0 Å². The summed E-state index contributed by atoms with van der Waals surface area (Å²) in [4.78, 5) is 14.5. The molecule has 2 aliphatic rings. The van der Waals surface area contributed by atoms with Gasteiger partial charge in [0.15, 0.2) is 0 Å². The van der Waals surface area contributed by atoms with E-state index in [1.54, 1.807) is 5.38 Å². The second-order valence-electron chi connectivity index (χ2n) is 6.90. The number of esters is 1. The molecule has 1 fully saturated rings. The van der Waals surface area contributed by atoms with E-state index in [0.29, 0.717) is 13.1 Å². The minimum atomic E-state index is -3.70. The number of hydrogen-bond acceptors (Lipinski definition) is 6. The molecular weight excluding hydrogens is 384 g/mol. The molecule has 6 nitrogen and oxygen atoms in total. The Morgan fingerprint density at radius 2 is 1.96 bits per heavy atom. The second-order valence-corrected chi connectivity index (χ2v) is 9.72. The molecule has 3 heterocycles. The zero-order valence-corrected chi connectivity index (χ0v) is 16.8. The van der Waals surface area contributed by atoms with Gasteiger partial charge in [0, 0.05) is 32.2 Å². The topological polar surface area (TPSA) is 66.9 Å². The first-order chi connectivity index (χ1) is 13.0. The third-order valence-electron chi connectivity index (χ3n) is 5.42. The van der Waals surface area contributed by atoms with Crippen molar-refractivity contribution in [3.05, 3.63) is 51.7 Å². The average molecular weight is 407 g/mol. The number of ether oxygens (including phenoxy) is 1. The number of carbonyl (C=O) groups is 1. The summed E-state index contributed by atoms with van der Waals surface area (Å²) in [7, 11) is -2.43. The van der Waals surface area contributed by atoms with Crippen molar-refractivity contribution in [2.45, 2.75) is 30.3 Å². The molecule has 0 N–H and O–H groups in total. The summed E-state index contributed by atoms with van der Waals surface area (Å²) < 4.78 is 32.4. The number of methoxy groups -OCH3 is 1. The average Bonchev–Trinajstić information content (AvgIpc) is 3.37. The van der Waals surface area contributed by atoms with Crippen LogP contribution in [0.3, 0.4) is 0 Å². The van der Waals surface area contributed by atoms with Gasteiger partial charge in [0.25, 0.3) is 0 Å². The maximum atomic E-state index is 13.1. The van der Waals surface area contributed by atoms with E-state index in [2.05, 4.69) is 29.2 Å². The van der Waals surface area contributed by atoms with Crippen LogP contribution in [0.25, 0.3) is 0 Å². The highest BCUT2D eigenvalue weighted by Gasteiger charge is 2.38. The van der Waals surface area contributed by atoms with Gasteiger partial charge in [0.2, 0.25) is 10.0 Å². The molecule has 0 aliphatic carbocycles. The maximum Gasteiger partial charge on any atom is 0.349 e. The van der Waals surface area contributed by atoms with Gasteiger partial charge in [0.05, 0.1) is 7.11 Å². The van der Waals surface area contributed by atoms with Crippen LogP contribution in [0.1, 0.15) is 27.2 Å². The highest BCUT2D eigenvalue weighted by molar-refractivity contribution is 7.89. The summed E-state index contributed by atoms with van der Waals surface area (Å²) in [6.07, 6.45) is 1.80.